The monoisotopic (exact) mass is 231 g/mol. The molecule has 0 fully saturated rings. The van der Waals surface area contributed by atoms with Crippen molar-refractivity contribution in [1.82, 2.24) is 14.5 Å². The van der Waals surface area contributed by atoms with Gasteiger partial charge in [0.05, 0.1) is 12.9 Å². The molecule has 0 unspecified atom stereocenters. The molecule has 0 N–H and O–H groups in total. The van der Waals surface area contributed by atoms with Crippen LogP contribution in [0.2, 0.25) is 0 Å². The fourth-order valence-corrected chi connectivity index (χ4v) is 1.62. The zero-order valence-electron chi connectivity index (χ0n) is 9.83. The van der Waals surface area contributed by atoms with Crippen LogP contribution >= 0.6 is 0 Å². The summed E-state index contributed by atoms with van der Waals surface area (Å²) in [5.41, 5.74) is 1.32. The molecule has 2 aromatic rings. The highest BCUT2D eigenvalue weighted by Crippen LogP contribution is 2.00. The first-order valence-electron chi connectivity index (χ1n) is 5.87. The Hall–Kier alpha value is -1.68. The SMILES string of the molecule is c1cc(CCCOCCn2ccnc2)ccn1. The molecule has 90 valence electrons. The summed E-state index contributed by atoms with van der Waals surface area (Å²) in [5.74, 6) is 0. The van der Waals surface area contributed by atoms with Gasteiger partial charge in [0, 0.05) is 37.9 Å². The molecule has 0 atom stereocenters. The Labute approximate surface area is 101 Å². The van der Waals surface area contributed by atoms with Gasteiger partial charge in [0.1, 0.15) is 0 Å². The summed E-state index contributed by atoms with van der Waals surface area (Å²) in [7, 11) is 0. The Kier molecular flexibility index (Phi) is 4.72. The van der Waals surface area contributed by atoms with E-state index in [2.05, 4.69) is 9.97 Å². The van der Waals surface area contributed by atoms with Crippen LogP contribution in [0.5, 0.6) is 0 Å². The van der Waals surface area contributed by atoms with Crippen molar-refractivity contribution in [3.63, 3.8) is 0 Å². The van der Waals surface area contributed by atoms with Crippen molar-refractivity contribution in [2.24, 2.45) is 0 Å². The second kappa shape index (κ2) is 6.81. The second-order valence-electron chi connectivity index (χ2n) is 3.87. The smallest absolute Gasteiger partial charge is 0.0946 e. The molecule has 2 rings (SSSR count). The van der Waals surface area contributed by atoms with Crippen LogP contribution in [0.1, 0.15) is 12.0 Å². The molecule has 0 saturated heterocycles. The maximum absolute atomic E-state index is 5.56. The van der Waals surface area contributed by atoms with Gasteiger partial charge >= 0.3 is 0 Å². The summed E-state index contributed by atoms with van der Waals surface area (Å²) in [6.45, 7) is 2.42. The molecule has 2 aromatic heterocycles. The van der Waals surface area contributed by atoms with Crippen LogP contribution in [-0.4, -0.2) is 27.7 Å². The van der Waals surface area contributed by atoms with Gasteiger partial charge < -0.3 is 9.30 Å². The minimum absolute atomic E-state index is 0.743. The summed E-state index contributed by atoms with van der Waals surface area (Å²) >= 11 is 0. The lowest BCUT2D eigenvalue weighted by molar-refractivity contribution is 0.124. The summed E-state index contributed by atoms with van der Waals surface area (Å²) < 4.78 is 7.58. The minimum atomic E-state index is 0.743. The van der Waals surface area contributed by atoms with Crippen LogP contribution in [0.4, 0.5) is 0 Å². The lowest BCUT2D eigenvalue weighted by Gasteiger charge is -2.05. The number of hydrogen-bond acceptors (Lipinski definition) is 3. The third kappa shape index (κ3) is 4.36. The highest BCUT2D eigenvalue weighted by atomic mass is 16.5. The molecule has 17 heavy (non-hydrogen) atoms. The van der Waals surface area contributed by atoms with E-state index >= 15 is 0 Å². The first-order valence-corrected chi connectivity index (χ1v) is 5.87. The molecule has 0 aliphatic heterocycles. The molecule has 0 spiro atoms. The van der Waals surface area contributed by atoms with Gasteiger partial charge in [-0.05, 0) is 30.5 Å². The molecule has 4 nitrogen and oxygen atoms in total. The Bertz CT molecular complexity index is 400. The van der Waals surface area contributed by atoms with Crippen molar-refractivity contribution >= 4 is 0 Å². The van der Waals surface area contributed by atoms with Gasteiger partial charge in [-0.3, -0.25) is 4.98 Å². The zero-order chi connectivity index (χ0) is 11.8. The Morgan fingerprint density at radius 3 is 2.71 bits per heavy atom. The number of aryl methyl sites for hydroxylation is 1. The van der Waals surface area contributed by atoms with E-state index in [1.165, 1.54) is 5.56 Å². The molecular weight excluding hydrogens is 214 g/mol. The van der Waals surface area contributed by atoms with Crippen molar-refractivity contribution in [3.8, 4) is 0 Å². The quantitative estimate of drug-likeness (QED) is 0.683. The molecule has 0 radical (unpaired) electrons. The minimum Gasteiger partial charge on any atom is -0.380 e. The fraction of sp³-hybridized carbons (Fsp3) is 0.385. The zero-order valence-corrected chi connectivity index (χ0v) is 9.83. The van der Waals surface area contributed by atoms with E-state index in [4.69, 9.17) is 4.74 Å². The van der Waals surface area contributed by atoms with E-state index in [0.717, 1.165) is 32.6 Å². The average Bonchev–Trinajstić information content (AvgIpc) is 2.88. The Balaban J connectivity index is 1.52. The molecule has 0 bridgehead atoms. The number of rotatable bonds is 7. The Morgan fingerprint density at radius 2 is 1.94 bits per heavy atom. The summed E-state index contributed by atoms with van der Waals surface area (Å²) in [4.78, 5) is 7.97. The van der Waals surface area contributed by atoms with Crippen molar-refractivity contribution in [2.45, 2.75) is 19.4 Å². The van der Waals surface area contributed by atoms with E-state index in [9.17, 15) is 0 Å². The first-order chi connectivity index (χ1) is 8.45. The number of imidazole rings is 1. The highest BCUT2D eigenvalue weighted by Gasteiger charge is 1.94. The maximum Gasteiger partial charge on any atom is 0.0946 e. The molecular formula is C13H17N3O. The maximum atomic E-state index is 5.56. The molecule has 4 heteroatoms. The van der Waals surface area contributed by atoms with E-state index in [1.54, 1.807) is 12.5 Å². The number of hydrogen-bond donors (Lipinski definition) is 0. The van der Waals surface area contributed by atoms with Gasteiger partial charge in [-0.25, -0.2) is 4.98 Å². The first kappa shape index (κ1) is 11.8. The lowest BCUT2D eigenvalue weighted by atomic mass is 10.1. The van der Waals surface area contributed by atoms with Gasteiger partial charge in [0.25, 0.3) is 0 Å². The Morgan fingerprint density at radius 1 is 1.06 bits per heavy atom. The summed E-state index contributed by atoms with van der Waals surface area (Å²) in [5, 5.41) is 0. The van der Waals surface area contributed by atoms with E-state index < -0.39 is 0 Å². The summed E-state index contributed by atoms with van der Waals surface area (Å²) in [6, 6.07) is 4.09. The lowest BCUT2D eigenvalue weighted by Crippen LogP contribution is -2.05. The van der Waals surface area contributed by atoms with Crippen LogP contribution in [0.15, 0.2) is 43.2 Å². The van der Waals surface area contributed by atoms with Crippen molar-refractivity contribution in [3.05, 3.63) is 48.8 Å². The standard InChI is InChI=1S/C13H17N3O/c1(2-13-3-5-14-6-4-13)10-17-11-9-16-8-7-15-12-16/h3-8,12H,1-2,9-11H2. The van der Waals surface area contributed by atoms with Crippen molar-refractivity contribution in [2.75, 3.05) is 13.2 Å². The molecule has 0 aliphatic carbocycles. The van der Waals surface area contributed by atoms with Gasteiger partial charge in [-0.1, -0.05) is 0 Å². The number of ether oxygens (including phenoxy) is 1. The van der Waals surface area contributed by atoms with Crippen LogP contribution in [0, 0.1) is 0 Å². The van der Waals surface area contributed by atoms with Crippen LogP contribution < -0.4 is 0 Å². The normalized spacial score (nSPS) is 10.6. The summed E-state index contributed by atoms with van der Waals surface area (Å²) in [6.07, 6.45) is 11.3. The van der Waals surface area contributed by atoms with Gasteiger partial charge in [0.15, 0.2) is 0 Å². The third-order valence-corrected chi connectivity index (χ3v) is 2.56. The number of aromatic nitrogens is 3. The number of nitrogens with zero attached hydrogens (tertiary/aromatic N) is 3. The van der Waals surface area contributed by atoms with E-state index in [0.29, 0.717) is 0 Å². The fourth-order valence-electron chi connectivity index (χ4n) is 1.62. The predicted octanol–water partition coefficient (Wildman–Crippen LogP) is 1.93. The van der Waals surface area contributed by atoms with Crippen molar-refractivity contribution in [1.29, 1.82) is 0 Å². The highest BCUT2D eigenvalue weighted by molar-refractivity contribution is 5.09. The molecule has 0 aromatic carbocycles. The number of pyridine rings is 1. The molecule has 0 saturated carbocycles. The van der Waals surface area contributed by atoms with Crippen LogP contribution in [0.25, 0.3) is 0 Å². The molecule has 0 aliphatic rings. The van der Waals surface area contributed by atoms with Gasteiger partial charge in [0.2, 0.25) is 0 Å². The van der Waals surface area contributed by atoms with Crippen LogP contribution in [-0.2, 0) is 17.7 Å². The third-order valence-electron chi connectivity index (χ3n) is 2.56. The molecule has 2 heterocycles. The van der Waals surface area contributed by atoms with Gasteiger partial charge in [-0.2, -0.15) is 0 Å². The molecule has 0 amide bonds. The van der Waals surface area contributed by atoms with Gasteiger partial charge in [-0.15, -0.1) is 0 Å². The predicted molar refractivity (Wildman–Crippen MR) is 65.6 cm³/mol. The van der Waals surface area contributed by atoms with E-state index in [-0.39, 0.29) is 0 Å². The van der Waals surface area contributed by atoms with Crippen LogP contribution in [0.3, 0.4) is 0 Å². The largest absolute Gasteiger partial charge is 0.380 e. The topological polar surface area (TPSA) is 39.9 Å². The average molecular weight is 231 g/mol. The van der Waals surface area contributed by atoms with Crippen molar-refractivity contribution < 1.29 is 4.74 Å². The van der Waals surface area contributed by atoms with E-state index in [1.807, 2.05) is 35.3 Å². The second-order valence-corrected chi connectivity index (χ2v) is 3.87.